The third kappa shape index (κ3) is 7.04. The zero-order valence-electron chi connectivity index (χ0n) is 19.5. The molecule has 2 unspecified atom stereocenters. The molecule has 2 N–H and O–H groups in total. The van der Waals surface area contributed by atoms with Crippen molar-refractivity contribution in [3.63, 3.8) is 0 Å². The van der Waals surface area contributed by atoms with Gasteiger partial charge in [0.1, 0.15) is 0 Å². The van der Waals surface area contributed by atoms with Gasteiger partial charge in [-0.2, -0.15) is 0 Å². The summed E-state index contributed by atoms with van der Waals surface area (Å²) in [5, 5.41) is 2.65. The number of carbonyl (C=O) groups is 3. The highest BCUT2D eigenvalue weighted by Crippen LogP contribution is 2.23. The number of carbonyl (C=O) groups excluding carboxylic acids is 3. The molecule has 1 aliphatic heterocycles. The SMILES string of the molecule is CC(C)CC(NS(=O)(=O)c1ccccc1)C(=O)CC1CCc2ncsc2CCCNC(=O)C1=O. The van der Waals surface area contributed by atoms with Crippen LogP contribution in [0.2, 0.25) is 0 Å². The van der Waals surface area contributed by atoms with Crippen LogP contribution in [0.1, 0.15) is 50.1 Å². The maximum atomic E-state index is 13.3. The van der Waals surface area contributed by atoms with E-state index >= 15 is 0 Å². The molecule has 0 spiro atoms. The predicted molar refractivity (Wildman–Crippen MR) is 130 cm³/mol. The van der Waals surface area contributed by atoms with E-state index in [9.17, 15) is 22.8 Å². The molecule has 3 rings (SSSR count). The first-order chi connectivity index (χ1) is 16.2. The summed E-state index contributed by atoms with van der Waals surface area (Å²) >= 11 is 1.55. The van der Waals surface area contributed by atoms with Crippen molar-refractivity contribution in [1.29, 1.82) is 0 Å². The molecule has 1 aromatic carbocycles. The summed E-state index contributed by atoms with van der Waals surface area (Å²) in [7, 11) is -3.92. The van der Waals surface area contributed by atoms with Crippen molar-refractivity contribution in [3.05, 3.63) is 46.4 Å². The van der Waals surface area contributed by atoms with E-state index in [4.69, 9.17) is 0 Å². The molecule has 2 aromatic rings. The standard InChI is InChI=1S/C24H31N3O5S2/c1-16(2)13-20(27-34(31,32)18-7-4-3-5-8-18)21(28)14-17-10-11-19-22(33-15-26-19)9-6-12-25-24(30)23(17)29/h3-5,7-8,15-17,20,27H,6,9-14H2,1-2H3,(H,25,30). The largest absolute Gasteiger partial charge is 0.349 e. The van der Waals surface area contributed by atoms with Gasteiger partial charge in [-0.1, -0.05) is 32.0 Å². The van der Waals surface area contributed by atoms with Gasteiger partial charge in [-0.05, 0) is 50.2 Å². The molecule has 0 saturated carbocycles. The number of Topliss-reactive ketones (excluding diaryl/α,β-unsaturated/α-hetero) is 2. The van der Waals surface area contributed by atoms with Crippen molar-refractivity contribution in [2.75, 3.05) is 6.54 Å². The lowest BCUT2D eigenvalue weighted by Gasteiger charge is -2.22. The Bertz CT molecular complexity index is 1110. The fourth-order valence-corrected chi connectivity index (χ4v) is 6.13. The molecule has 0 saturated heterocycles. The molecule has 0 radical (unpaired) electrons. The molecular formula is C24H31N3O5S2. The minimum atomic E-state index is -3.92. The van der Waals surface area contributed by atoms with E-state index in [1.807, 2.05) is 13.8 Å². The lowest BCUT2D eigenvalue weighted by molar-refractivity contribution is -0.141. The smallest absolute Gasteiger partial charge is 0.287 e. The van der Waals surface area contributed by atoms with Gasteiger partial charge in [0.2, 0.25) is 15.8 Å². The van der Waals surface area contributed by atoms with Gasteiger partial charge in [0, 0.05) is 23.8 Å². The van der Waals surface area contributed by atoms with Crippen LogP contribution in [0.25, 0.3) is 0 Å². The van der Waals surface area contributed by atoms with Gasteiger partial charge < -0.3 is 5.32 Å². The summed E-state index contributed by atoms with van der Waals surface area (Å²) < 4.78 is 28.3. The molecule has 1 aliphatic rings. The summed E-state index contributed by atoms with van der Waals surface area (Å²) in [6.07, 6.45) is 2.34. The quantitative estimate of drug-likeness (QED) is 0.532. The van der Waals surface area contributed by atoms with Crippen molar-refractivity contribution in [2.45, 2.75) is 63.3 Å². The van der Waals surface area contributed by atoms with Gasteiger partial charge in [-0.25, -0.2) is 18.1 Å². The third-order valence-electron chi connectivity index (χ3n) is 5.81. The molecule has 0 bridgehead atoms. The molecule has 1 amide bonds. The highest BCUT2D eigenvalue weighted by molar-refractivity contribution is 7.89. The van der Waals surface area contributed by atoms with Gasteiger partial charge in [0.15, 0.2) is 5.78 Å². The molecule has 10 heteroatoms. The van der Waals surface area contributed by atoms with Crippen molar-refractivity contribution < 1.29 is 22.8 Å². The molecular weight excluding hydrogens is 474 g/mol. The van der Waals surface area contributed by atoms with E-state index in [-0.39, 0.29) is 23.7 Å². The predicted octanol–water partition coefficient (Wildman–Crippen LogP) is 2.68. The third-order valence-corrected chi connectivity index (χ3v) is 8.23. The number of thiazole rings is 1. The molecule has 2 atom stereocenters. The van der Waals surface area contributed by atoms with E-state index in [1.54, 1.807) is 35.0 Å². The Morgan fingerprint density at radius 3 is 2.65 bits per heavy atom. The summed E-state index contributed by atoms with van der Waals surface area (Å²) in [6, 6.07) is 6.86. The molecule has 0 aliphatic carbocycles. The number of ketones is 2. The zero-order chi connectivity index (χ0) is 24.7. The van der Waals surface area contributed by atoms with Crippen LogP contribution in [0, 0.1) is 11.8 Å². The van der Waals surface area contributed by atoms with E-state index < -0.39 is 39.5 Å². The number of amides is 1. The minimum absolute atomic E-state index is 0.0385. The normalized spacial score (nSPS) is 18.6. The van der Waals surface area contributed by atoms with Crippen molar-refractivity contribution in [1.82, 2.24) is 15.0 Å². The summed E-state index contributed by atoms with van der Waals surface area (Å²) in [5.41, 5.74) is 2.67. The Labute approximate surface area is 204 Å². The monoisotopic (exact) mass is 505 g/mol. The first-order valence-electron chi connectivity index (χ1n) is 11.5. The van der Waals surface area contributed by atoms with Gasteiger partial charge in [-0.3, -0.25) is 14.4 Å². The molecule has 34 heavy (non-hydrogen) atoms. The average Bonchev–Trinajstić information content (AvgIpc) is 3.24. The Morgan fingerprint density at radius 2 is 1.94 bits per heavy atom. The van der Waals surface area contributed by atoms with Crippen LogP contribution >= 0.6 is 11.3 Å². The summed E-state index contributed by atoms with van der Waals surface area (Å²) in [6.45, 7) is 4.16. The molecule has 184 valence electrons. The maximum absolute atomic E-state index is 13.3. The summed E-state index contributed by atoms with van der Waals surface area (Å²) in [5.74, 6) is -2.53. The maximum Gasteiger partial charge on any atom is 0.287 e. The van der Waals surface area contributed by atoms with Gasteiger partial charge in [-0.15, -0.1) is 11.3 Å². The molecule has 0 fully saturated rings. The highest BCUT2D eigenvalue weighted by Gasteiger charge is 2.33. The number of aryl methyl sites for hydroxylation is 2. The second kappa shape index (κ2) is 11.8. The average molecular weight is 506 g/mol. The van der Waals surface area contributed by atoms with Crippen molar-refractivity contribution in [3.8, 4) is 0 Å². The van der Waals surface area contributed by atoms with Gasteiger partial charge >= 0.3 is 0 Å². The van der Waals surface area contributed by atoms with Crippen LogP contribution in [-0.2, 0) is 37.2 Å². The number of nitrogens with zero attached hydrogens (tertiary/aromatic N) is 1. The molecule has 2 heterocycles. The second-order valence-electron chi connectivity index (χ2n) is 8.97. The van der Waals surface area contributed by atoms with E-state index in [0.29, 0.717) is 25.8 Å². The van der Waals surface area contributed by atoms with E-state index in [0.717, 1.165) is 17.0 Å². The van der Waals surface area contributed by atoms with E-state index in [1.165, 1.54) is 12.1 Å². The number of rotatable bonds is 8. The van der Waals surface area contributed by atoms with Crippen molar-refractivity contribution in [2.24, 2.45) is 11.8 Å². The Morgan fingerprint density at radius 1 is 1.21 bits per heavy atom. The van der Waals surface area contributed by atoms with Crippen LogP contribution < -0.4 is 10.0 Å². The fourth-order valence-electron chi connectivity index (χ4n) is 4.02. The Kier molecular flexibility index (Phi) is 9.10. The first kappa shape index (κ1) is 26.2. The van der Waals surface area contributed by atoms with E-state index in [2.05, 4.69) is 15.0 Å². The van der Waals surface area contributed by atoms with Crippen LogP contribution in [0.5, 0.6) is 0 Å². The van der Waals surface area contributed by atoms with Gasteiger partial charge in [0.25, 0.3) is 5.91 Å². The lowest BCUT2D eigenvalue weighted by Crippen LogP contribution is -2.44. The van der Waals surface area contributed by atoms with Crippen LogP contribution in [0.3, 0.4) is 0 Å². The lowest BCUT2D eigenvalue weighted by atomic mass is 9.88. The number of hydrogen-bond acceptors (Lipinski definition) is 7. The molecule has 1 aromatic heterocycles. The number of sulfonamides is 1. The first-order valence-corrected chi connectivity index (χ1v) is 13.9. The number of aromatic nitrogens is 1. The summed E-state index contributed by atoms with van der Waals surface area (Å²) in [4.78, 5) is 44.2. The Hall–Kier alpha value is -2.43. The van der Waals surface area contributed by atoms with Crippen LogP contribution in [0.4, 0.5) is 0 Å². The molecule has 8 nitrogen and oxygen atoms in total. The number of fused-ring (bicyclic) bond motifs is 1. The Balaban J connectivity index is 1.80. The number of hydrogen-bond donors (Lipinski definition) is 2. The van der Waals surface area contributed by atoms with Crippen molar-refractivity contribution >= 4 is 38.8 Å². The minimum Gasteiger partial charge on any atom is -0.349 e. The number of nitrogens with one attached hydrogen (secondary N) is 2. The highest BCUT2D eigenvalue weighted by atomic mass is 32.2. The number of benzene rings is 1. The topological polar surface area (TPSA) is 122 Å². The zero-order valence-corrected chi connectivity index (χ0v) is 21.1. The van der Waals surface area contributed by atoms with Crippen LogP contribution in [-0.4, -0.2) is 43.5 Å². The fraction of sp³-hybridized carbons (Fsp3) is 0.500. The second-order valence-corrected chi connectivity index (χ2v) is 11.6. The van der Waals surface area contributed by atoms with Crippen LogP contribution in [0.15, 0.2) is 40.7 Å². The van der Waals surface area contributed by atoms with Gasteiger partial charge in [0.05, 0.1) is 22.1 Å².